The van der Waals surface area contributed by atoms with Crippen LogP contribution in [0.2, 0.25) is 0 Å². The quantitative estimate of drug-likeness (QED) is 0.469. The second-order valence-electron chi connectivity index (χ2n) is 5.37. The molecule has 0 atom stereocenters. The van der Waals surface area contributed by atoms with Crippen LogP contribution in [0.15, 0.2) is 89.4 Å². The van der Waals surface area contributed by atoms with Gasteiger partial charge in [0.25, 0.3) is 0 Å². The molecule has 0 aliphatic heterocycles. The number of rotatable bonds is 6. The fraction of sp³-hybridized carbons (Fsp3) is 0. The molecular weight excluding hydrogens is 312 g/mol. The van der Waals surface area contributed by atoms with Crippen molar-refractivity contribution in [1.82, 2.24) is 0 Å². The van der Waals surface area contributed by atoms with E-state index < -0.39 is 0 Å². The predicted octanol–water partition coefficient (Wildman–Crippen LogP) is 5.07. The summed E-state index contributed by atoms with van der Waals surface area (Å²) in [7, 11) is 0. The Morgan fingerprint density at radius 1 is 0.600 bits per heavy atom. The van der Waals surface area contributed by atoms with E-state index in [0.29, 0.717) is 22.6 Å². The van der Waals surface area contributed by atoms with E-state index in [4.69, 9.17) is 4.42 Å². The molecule has 0 bridgehead atoms. The van der Waals surface area contributed by atoms with Crippen molar-refractivity contribution in [3.05, 3.63) is 108 Å². The second kappa shape index (κ2) is 7.88. The molecule has 1 aromatic heterocycles. The SMILES string of the molecule is O=C(/C=C\c1ccc(/C=C\C(=O)c2ccccc2)o1)c1ccccc1. The Balaban J connectivity index is 1.64. The fourth-order valence-corrected chi connectivity index (χ4v) is 2.26. The first-order valence-electron chi connectivity index (χ1n) is 7.87. The smallest absolute Gasteiger partial charge is 0.185 e. The van der Waals surface area contributed by atoms with E-state index in [1.807, 2.05) is 36.4 Å². The lowest BCUT2D eigenvalue weighted by molar-refractivity contribution is 0.103. The maximum atomic E-state index is 12.0. The van der Waals surface area contributed by atoms with Crippen LogP contribution in [-0.4, -0.2) is 11.6 Å². The maximum Gasteiger partial charge on any atom is 0.185 e. The molecule has 3 nitrogen and oxygen atoms in total. The molecule has 3 heteroatoms. The number of allylic oxidation sites excluding steroid dienone is 2. The van der Waals surface area contributed by atoms with Gasteiger partial charge >= 0.3 is 0 Å². The van der Waals surface area contributed by atoms with Crippen molar-refractivity contribution in [3.63, 3.8) is 0 Å². The van der Waals surface area contributed by atoms with Crippen molar-refractivity contribution >= 4 is 23.7 Å². The molecule has 0 fully saturated rings. The Morgan fingerprint density at radius 3 is 1.40 bits per heavy atom. The van der Waals surface area contributed by atoms with Gasteiger partial charge in [0.15, 0.2) is 11.6 Å². The molecule has 1 heterocycles. The number of carbonyl (C=O) groups excluding carboxylic acids is 2. The van der Waals surface area contributed by atoms with E-state index in [2.05, 4.69) is 0 Å². The summed E-state index contributed by atoms with van der Waals surface area (Å²) >= 11 is 0. The van der Waals surface area contributed by atoms with Crippen molar-refractivity contribution < 1.29 is 14.0 Å². The van der Waals surface area contributed by atoms with Crippen LogP contribution in [-0.2, 0) is 0 Å². The maximum absolute atomic E-state index is 12.0. The predicted molar refractivity (Wildman–Crippen MR) is 98.3 cm³/mol. The van der Waals surface area contributed by atoms with Gasteiger partial charge in [-0.05, 0) is 36.4 Å². The molecule has 0 spiro atoms. The highest BCUT2D eigenvalue weighted by Gasteiger charge is 2.03. The summed E-state index contributed by atoms with van der Waals surface area (Å²) in [4.78, 5) is 24.0. The van der Waals surface area contributed by atoms with E-state index in [1.54, 1.807) is 48.6 Å². The lowest BCUT2D eigenvalue weighted by atomic mass is 10.1. The van der Waals surface area contributed by atoms with Gasteiger partial charge in [-0.2, -0.15) is 0 Å². The summed E-state index contributed by atoms with van der Waals surface area (Å²) < 4.78 is 5.58. The lowest BCUT2D eigenvalue weighted by Crippen LogP contribution is -1.92. The molecular formula is C22H16O3. The van der Waals surface area contributed by atoms with Gasteiger partial charge in [-0.3, -0.25) is 9.59 Å². The van der Waals surface area contributed by atoms with E-state index >= 15 is 0 Å². The molecule has 0 unspecified atom stereocenters. The normalized spacial score (nSPS) is 11.2. The summed E-state index contributed by atoms with van der Waals surface area (Å²) in [5.41, 5.74) is 1.25. The zero-order valence-corrected chi connectivity index (χ0v) is 13.5. The Labute approximate surface area is 145 Å². The van der Waals surface area contributed by atoms with Crippen LogP contribution in [0, 0.1) is 0 Å². The summed E-state index contributed by atoms with van der Waals surface area (Å²) in [6.45, 7) is 0. The first-order chi connectivity index (χ1) is 12.2. The van der Waals surface area contributed by atoms with E-state index in [0.717, 1.165) is 0 Å². The molecule has 0 N–H and O–H groups in total. The highest BCUT2D eigenvalue weighted by Crippen LogP contribution is 2.13. The Morgan fingerprint density at radius 2 is 1.00 bits per heavy atom. The molecule has 0 aliphatic rings. The van der Waals surface area contributed by atoms with Crippen molar-refractivity contribution in [2.75, 3.05) is 0 Å². The zero-order valence-electron chi connectivity index (χ0n) is 13.5. The largest absolute Gasteiger partial charge is 0.457 e. The van der Waals surface area contributed by atoms with Gasteiger partial charge in [0, 0.05) is 11.1 Å². The lowest BCUT2D eigenvalue weighted by Gasteiger charge is -1.93. The molecule has 0 saturated heterocycles. The van der Waals surface area contributed by atoms with Crippen LogP contribution >= 0.6 is 0 Å². The van der Waals surface area contributed by atoms with Crippen LogP contribution in [0.1, 0.15) is 32.2 Å². The van der Waals surface area contributed by atoms with Crippen molar-refractivity contribution in [1.29, 1.82) is 0 Å². The third-order valence-corrected chi connectivity index (χ3v) is 3.56. The molecule has 2 aromatic carbocycles. The minimum absolute atomic E-state index is 0.0895. The van der Waals surface area contributed by atoms with Gasteiger partial charge in [-0.25, -0.2) is 0 Å². The minimum atomic E-state index is -0.0895. The van der Waals surface area contributed by atoms with Gasteiger partial charge in [0.2, 0.25) is 0 Å². The van der Waals surface area contributed by atoms with Crippen LogP contribution < -0.4 is 0 Å². The van der Waals surface area contributed by atoms with Crippen LogP contribution in [0.25, 0.3) is 12.2 Å². The third-order valence-electron chi connectivity index (χ3n) is 3.56. The summed E-state index contributed by atoms with van der Waals surface area (Å²) in [6, 6.07) is 21.6. The Bertz CT molecular complexity index is 840. The topological polar surface area (TPSA) is 47.3 Å². The molecule has 0 saturated carbocycles. The van der Waals surface area contributed by atoms with E-state index in [9.17, 15) is 9.59 Å². The Hall–Kier alpha value is -3.46. The van der Waals surface area contributed by atoms with E-state index in [-0.39, 0.29) is 11.6 Å². The zero-order chi connectivity index (χ0) is 17.5. The molecule has 0 amide bonds. The fourth-order valence-electron chi connectivity index (χ4n) is 2.26. The minimum Gasteiger partial charge on any atom is -0.457 e. The van der Waals surface area contributed by atoms with Gasteiger partial charge in [0.05, 0.1) is 0 Å². The second-order valence-corrected chi connectivity index (χ2v) is 5.37. The average molecular weight is 328 g/mol. The van der Waals surface area contributed by atoms with Crippen LogP contribution in [0.5, 0.6) is 0 Å². The van der Waals surface area contributed by atoms with Crippen molar-refractivity contribution in [2.24, 2.45) is 0 Å². The third kappa shape index (κ3) is 4.52. The number of benzene rings is 2. The molecule has 3 rings (SSSR count). The molecule has 0 radical (unpaired) electrons. The monoisotopic (exact) mass is 328 g/mol. The van der Waals surface area contributed by atoms with Gasteiger partial charge < -0.3 is 4.42 Å². The summed E-state index contributed by atoms with van der Waals surface area (Å²) in [6.07, 6.45) is 6.17. The number of carbonyl (C=O) groups is 2. The number of ketones is 2. The van der Waals surface area contributed by atoms with Gasteiger partial charge in [0.1, 0.15) is 11.5 Å². The standard InChI is InChI=1S/C22H16O3/c23-21(17-7-3-1-4-8-17)15-13-19-11-12-20(25-19)14-16-22(24)18-9-5-2-6-10-18/h1-16H/b15-13-,16-14-. The highest BCUT2D eigenvalue weighted by molar-refractivity contribution is 6.07. The van der Waals surface area contributed by atoms with Crippen LogP contribution in [0.3, 0.4) is 0 Å². The molecule has 25 heavy (non-hydrogen) atoms. The highest BCUT2D eigenvalue weighted by atomic mass is 16.3. The first kappa shape index (κ1) is 16.4. The number of furan rings is 1. The van der Waals surface area contributed by atoms with Crippen molar-refractivity contribution in [2.45, 2.75) is 0 Å². The van der Waals surface area contributed by atoms with Gasteiger partial charge in [-0.1, -0.05) is 60.7 Å². The Kier molecular flexibility index (Phi) is 5.17. The summed E-state index contributed by atoms with van der Waals surface area (Å²) in [5.74, 6) is 0.925. The number of hydrogen-bond donors (Lipinski definition) is 0. The van der Waals surface area contributed by atoms with Crippen LogP contribution in [0.4, 0.5) is 0 Å². The number of hydrogen-bond acceptors (Lipinski definition) is 3. The van der Waals surface area contributed by atoms with E-state index in [1.165, 1.54) is 12.2 Å². The van der Waals surface area contributed by atoms with Crippen molar-refractivity contribution in [3.8, 4) is 0 Å². The molecule has 122 valence electrons. The summed E-state index contributed by atoms with van der Waals surface area (Å²) in [5, 5.41) is 0. The first-order valence-corrected chi connectivity index (χ1v) is 7.87. The average Bonchev–Trinajstić information content (AvgIpc) is 3.13. The van der Waals surface area contributed by atoms with Gasteiger partial charge in [-0.15, -0.1) is 0 Å². The molecule has 3 aromatic rings. The molecule has 0 aliphatic carbocycles.